The van der Waals surface area contributed by atoms with Crippen molar-refractivity contribution in [2.24, 2.45) is 17.6 Å². The van der Waals surface area contributed by atoms with Crippen LogP contribution in [0, 0.1) is 11.8 Å². The summed E-state index contributed by atoms with van der Waals surface area (Å²) in [4.78, 5) is 17.5. The van der Waals surface area contributed by atoms with Crippen LogP contribution in [0.2, 0.25) is 0 Å². The zero-order valence-corrected chi connectivity index (χ0v) is 22.0. The van der Waals surface area contributed by atoms with Crippen LogP contribution in [-0.4, -0.2) is 49.1 Å². The fourth-order valence-electron chi connectivity index (χ4n) is 5.30. The summed E-state index contributed by atoms with van der Waals surface area (Å²) in [6, 6.07) is 8.47. The minimum atomic E-state index is -0.398. The number of hydrogen-bond donors (Lipinski definition) is 1. The molecular weight excluding hydrogens is 422 g/mol. The molecule has 0 spiro atoms. The number of benzene rings is 1. The summed E-state index contributed by atoms with van der Waals surface area (Å²) >= 11 is 0. The minimum Gasteiger partial charge on any atom is -0.493 e. The van der Waals surface area contributed by atoms with Gasteiger partial charge in [0, 0.05) is 31.4 Å². The van der Waals surface area contributed by atoms with E-state index >= 15 is 0 Å². The molecule has 1 aliphatic carbocycles. The van der Waals surface area contributed by atoms with Crippen LogP contribution in [0.5, 0.6) is 5.75 Å². The summed E-state index contributed by atoms with van der Waals surface area (Å²) in [5.41, 5.74) is 8.74. The molecule has 190 valence electrons. The van der Waals surface area contributed by atoms with Crippen LogP contribution in [0.15, 0.2) is 35.9 Å². The Kier molecular flexibility index (Phi) is 10.3. The second-order valence-corrected chi connectivity index (χ2v) is 11.1. The van der Waals surface area contributed by atoms with Gasteiger partial charge in [-0.25, -0.2) is 0 Å². The molecule has 0 radical (unpaired) electrons. The number of ether oxygens (including phenoxy) is 1. The highest BCUT2D eigenvalue weighted by Gasteiger charge is 2.30. The predicted octanol–water partition coefficient (Wildman–Crippen LogP) is 5.78. The molecule has 2 aliphatic rings. The van der Waals surface area contributed by atoms with Crippen LogP contribution in [0.25, 0.3) is 0 Å². The summed E-state index contributed by atoms with van der Waals surface area (Å²) in [7, 11) is 0. The maximum absolute atomic E-state index is 13.0. The average Bonchev–Trinajstić information content (AvgIpc) is 2.83. The third-order valence-electron chi connectivity index (χ3n) is 7.27. The molecule has 5 heteroatoms. The number of hydrogen-bond acceptors (Lipinski definition) is 4. The number of carbonyl (C=O) groups excluding carboxylic acids is 1. The highest BCUT2D eigenvalue weighted by molar-refractivity contribution is 5.81. The van der Waals surface area contributed by atoms with Crippen molar-refractivity contribution in [2.45, 2.75) is 91.1 Å². The van der Waals surface area contributed by atoms with Gasteiger partial charge in [0.1, 0.15) is 5.75 Å². The van der Waals surface area contributed by atoms with Gasteiger partial charge in [0.05, 0.1) is 12.6 Å². The number of piperidine rings is 1. The summed E-state index contributed by atoms with van der Waals surface area (Å²) < 4.78 is 6.13. The number of allylic oxidation sites excluding steroid dienone is 1. The number of likely N-dealkylation sites (tertiary alicyclic amines) is 1. The molecule has 2 atom stereocenters. The zero-order valence-electron chi connectivity index (χ0n) is 22.0. The van der Waals surface area contributed by atoms with E-state index in [1.807, 2.05) is 4.90 Å². The summed E-state index contributed by atoms with van der Waals surface area (Å²) in [5, 5.41) is 0. The molecule has 0 aromatic heterocycles. The van der Waals surface area contributed by atoms with Crippen LogP contribution in [0.4, 0.5) is 5.69 Å². The standard InChI is InChI=1S/C29H47N3O2/c1-22(2)16-18-32(26-11-8-17-31(20-26)29(33)28(30)19-23(3)4)25-12-14-27(15-13-25)34-21-24-9-6-5-7-10-24/h12-16,23-24,26,28H,5-11,17-21,30H2,1-4H3/t26?,28-/m0/s1. The SMILES string of the molecule is CC(C)=CCN(c1ccc(OCC2CCCCC2)cc1)C1CCCN(C(=O)[C@@H](N)CC(C)C)C1. The van der Waals surface area contributed by atoms with Crippen LogP contribution >= 0.6 is 0 Å². The van der Waals surface area contributed by atoms with Gasteiger partial charge in [-0.1, -0.05) is 44.8 Å². The third kappa shape index (κ3) is 8.04. The van der Waals surface area contributed by atoms with Gasteiger partial charge in [-0.05, 0) is 82.1 Å². The van der Waals surface area contributed by atoms with Crippen molar-refractivity contribution in [1.82, 2.24) is 4.90 Å². The molecule has 1 unspecified atom stereocenters. The quantitative estimate of drug-likeness (QED) is 0.441. The second kappa shape index (κ2) is 13.2. The highest BCUT2D eigenvalue weighted by atomic mass is 16.5. The number of nitrogens with zero attached hydrogens (tertiary/aromatic N) is 2. The number of nitrogens with two attached hydrogens (primary N) is 1. The fourth-order valence-corrected chi connectivity index (χ4v) is 5.30. The van der Waals surface area contributed by atoms with E-state index in [1.54, 1.807) is 0 Å². The van der Waals surface area contributed by atoms with E-state index in [0.717, 1.165) is 51.3 Å². The second-order valence-electron chi connectivity index (χ2n) is 11.1. The van der Waals surface area contributed by atoms with E-state index in [9.17, 15) is 4.79 Å². The Bertz CT molecular complexity index is 779. The monoisotopic (exact) mass is 469 g/mol. The van der Waals surface area contributed by atoms with Gasteiger partial charge >= 0.3 is 0 Å². The number of rotatable bonds is 10. The van der Waals surface area contributed by atoms with Crippen molar-refractivity contribution in [3.8, 4) is 5.75 Å². The first-order chi connectivity index (χ1) is 16.3. The molecule has 5 nitrogen and oxygen atoms in total. The molecule has 2 N–H and O–H groups in total. The van der Waals surface area contributed by atoms with Crippen molar-refractivity contribution in [3.05, 3.63) is 35.9 Å². The van der Waals surface area contributed by atoms with Gasteiger partial charge in [-0.2, -0.15) is 0 Å². The molecule has 3 rings (SSSR count). The van der Waals surface area contributed by atoms with Gasteiger partial charge in [0.25, 0.3) is 0 Å². The number of anilines is 1. The lowest BCUT2D eigenvalue weighted by atomic mass is 9.90. The Labute approximate surface area is 207 Å². The normalized spacial score (nSPS) is 20.2. The van der Waals surface area contributed by atoms with Gasteiger partial charge < -0.3 is 20.3 Å². The third-order valence-corrected chi connectivity index (χ3v) is 7.27. The fraction of sp³-hybridized carbons (Fsp3) is 0.690. The van der Waals surface area contributed by atoms with Crippen LogP contribution in [-0.2, 0) is 4.79 Å². The largest absolute Gasteiger partial charge is 0.493 e. The van der Waals surface area contributed by atoms with Crippen LogP contribution < -0.4 is 15.4 Å². The Morgan fingerprint density at radius 2 is 1.82 bits per heavy atom. The molecule has 1 saturated heterocycles. The van der Waals surface area contributed by atoms with Gasteiger partial charge in [0.15, 0.2) is 0 Å². The average molecular weight is 470 g/mol. The maximum atomic E-state index is 13.0. The molecule has 1 aromatic carbocycles. The van der Waals surface area contributed by atoms with Crippen molar-refractivity contribution < 1.29 is 9.53 Å². The molecule has 2 fully saturated rings. The van der Waals surface area contributed by atoms with E-state index < -0.39 is 6.04 Å². The molecule has 34 heavy (non-hydrogen) atoms. The molecule has 1 aliphatic heterocycles. The zero-order chi connectivity index (χ0) is 24.5. The first-order valence-electron chi connectivity index (χ1n) is 13.5. The Morgan fingerprint density at radius 1 is 1.12 bits per heavy atom. The van der Waals surface area contributed by atoms with E-state index in [0.29, 0.717) is 11.8 Å². The lowest BCUT2D eigenvalue weighted by Crippen LogP contribution is -2.54. The molecule has 1 aromatic rings. The molecule has 1 heterocycles. The van der Waals surface area contributed by atoms with Crippen LogP contribution in [0.3, 0.4) is 0 Å². The van der Waals surface area contributed by atoms with E-state index in [-0.39, 0.29) is 11.9 Å². The van der Waals surface area contributed by atoms with E-state index in [4.69, 9.17) is 10.5 Å². The summed E-state index contributed by atoms with van der Waals surface area (Å²) in [6.07, 6.45) is 11.8. The molecule has 1 saturated carbocycles. The van der Waals surface area contributed by atoms with Gasteiger partial charge in [0.2, 0.25) is 5.91 Å². The molecular formula is C29H47N3O2. The predicted molar refractivity (Wildman–Crippen MR) is 142 cm³/mol. The Balaban J connectivity index is 1.66. The summed E-state index contributed by atoms with van der Waals surface area (Å²) in [6.45, 7) is 11.7. The van der Waals surface area contributed by atoms with Crippen molar-refractivity contribution in [3.63, 3.8) is 0 Å². The van der Waals surface area contributed by atoms with Crippen molar-refractivity contribution in [2.75, 3.05) is 31.1 Å². The highest BCUT2D eigenvalue weighted by Crippen LogP contribution is 2.28. The van der Waals surface area contributed by atoms with Crippen molar-refractivity contribution >= 4 is 11.6 Å². The molecule has 0 bridgehead atoms. The lowest BCUT2D eigenvalue weighted by Gasteiger charge is -2.41. The van der Waals surface area contributed by atoms with E-state index in [1.165, 1.54) is 43.4 Å². The minimum absolute atomic E-state index is 0.104. The lowest BCUT2D eigenvalue weighted by molar-refractivity contribution is -0.134. The smallest absolute Gasteiger partial charge is 0.239 e. The van der Waals surface area contributed by atoms with E-state index in [2.05, 4.69) is 62.9 Å². The Morgan fingerprint density at radius 3 is 2.47 bits per heavy atom. The topological polar surface area (TPSA) is 58.8 Å². The molecule has 1 amide bonds. The summed E-state index contributed by atoms with van der Waals surface area (Å²) in [5.74, 6) is 2.19. The maximum Gasteiger partial charge on any atom is 0.239 e. The Hall–Kier alpha value is -2.01. The first-order valence-corrected chi connectivity index (χ1v) is 13.5. The number of carbonyl (C=O) groups is 1. The van der Waals surface area contributed by atoms with Gasteiger partial charge in [-0.15, -0.1) is 0 Å². The first kappa shape index (κ1) is 26.6. The van der Waals surface area contributed by atoms with Gasteiger partial charge in [-0.3, -0.25) is 4.79 Å². The van der Waals surface area contributed by atoms with Crippen molar-refractivity contribution in [1.29, 1.82) is 0 Å². The number of amides is 1. The van der Waals surface area contributed by atoms with Crippen LogP contribution in [0.1, 0.15) is 79.1 Å².